The van der Waals surface area contributed by atoms with Gasteiger partial charge in [0.1, 0.15) is 0 Å². The topological polar surface area (TPSA) is 64.1 Å². The molecule has 0 spiro atoms. The Balaban J connectivity index is 2.09. The van der Waals surface area contributed by atoms with Crippen LogP contribution in [0, 0.1) is 6.92 Å². The van der Waals surface area contributed by atoms with Crippen LogP contribution < -0.4 is 5.32 Å². The van der Waals surface area contributed by atoms with Crippen molar-refractivity contribution in [3.05, 3.63) is 23.8 Å². The van der Waals surface area contributed by atoms with Gasteiger partial charge in [0.05, 0.1) is 6.26 Å². The zero-order valence-electron chi connectivity index (χ0n) is 11.1. The third-order valence-corrected chi connectivity index (χ3v) is 3.00. The summed E-state index contributed by atoms with van der Waals surface area (Å²) in [5.74, 6) is 1.86. The number of aryl methyl sites for hydroxylation is 1. The molecule has 0 aliphatic carbocycles. The third-order valence-electron chi connectivity index (χ3n) is 3.00. The van der Waals surface area contributed by atoms with Crippen LogP contribution in [0.25, 0.3) is 11.6 Å². The van der Waals surface area contributed by atoms with Gasteiger partial charge >= 0.3 is 0 Å². The van der Waals surface area contributed by atoms with Crippen LogP contribution in [-0.4, -0.2) is 23.2 Å². The third kappa shape index (κ3) is 2.79. The van der Waals surface area contributed by atoms with Gasteiger partial charge in [-0.25, -0.2) is 0 Å². The molecule has 5 nitrogen and oxygen atoms in total. The van der Waals surface area contributed by atoms with Crippen LogP contribution in [0.15, 0.2) is 21.3 Å². The number of rotatable bonds is 6. The highest BCUT2D eigenvalue weighted by atomic mass is 16.5. The van der Waals surface area contributed by atoms with Crippen LogP contribution in [-0.2, 0) is 6.42 Å². The van der Waals surface area contributed by atoms with E-state index in [-0.39, 0.29) is 0 Å². The Bertz CT molecular complexity index is 490. The summed E-state index contributed by atoms with van der Waals surface area (Å²) in [6.07, 6.45) is 4.60. The zero-order valence-corrected chi connectivity index (χ0v) is 11.1. The Kier molecular flexibility index (Phi) is 4.15. The van der Waals surface area contributed by atoms with Crippen LogP contribution in [0.4, 0.5) is 0 Å². The highest BCUT2D eigenvalue weighted by Crippen LogP contribution is 2.21. The molecule has 0 bridgehead atoms. The normalized spacial score (nSPS) is 12.8. The molecule has 0 fully saturated rings. The predicted octanol–water partition coefficient (Wildman–Crippen LogP) is 2.57. The number of nitrogens with zero attached hydrogens (tertiary/aromatic N) is 2. The maximum Gasteiger partial charge on any atom is 0.238 e. The first-order chi connectivity index (χ1) is 8.74. The van der Waals surface area contributed by atoms with Gasteiger partial charge in [-0.1, -0.05) is 18.5 Å². The molecule has 2 rings (SSSR count). The maximum absolute atomic E-state index is 5.34. The van der Waals surface area contributed by atoms with E-state index in [0.29, 0.717) is 23.5 Å². The van der Waals surface area contributed by atoms with Gasteiger partial charge in [-0.3, -0.25) is 0 Å². The van der Waals surface area contributed by atoms with Crippen LogP contribution in [0.5, 0.6) is 0 Å². The number of likely N-dealkylation sites (N-methyl/N-ethyl adjacent to an activating group) is 1. The lowest BCUT2D eigenvalue weighted by Gasteiger charge is -2.11. The van der Waals surface area contributed by atoms with E-state index in [1.165, 1.54) is 0 Å². The van der Waals surface area contributed by atoms with Gasteiger partial charge in [0.25, 0.3) is 0 Å². The van der Waals surface area contributed by atoms with Crippen molar-refractivity contribution >= 4 is 0 Å². The van der Waals surface area contributed by atoms with Gasteiger partial charge in [-0.05, 0) is 32.0 Å². The summed E-state index contributed by atoms with van der Waals surface area (Å²) in [6, 6.07) is 2.26. The molecular formula is C13H19N3O2. The average molecular weight is 249 g/mol. The summed E-state index contributed by atoms with van der Waals surface area (Å²) in [5, 5.41) is 7.21. The molecule has 5 heteroatoms. The number of nitrogens with one attached hydrogen (secondary N) is 1. The first kappa shape index (κ1) is 12.8. The summed E-state index contributed by atoms with van der Waals surface area (Å²) >= 11 is 0. The van der Waals surface area contributed by atoms with E-state index in [0.717, 1.165) is 24.8 Å². The van der Waals surface area contributed by atoms with Crippen LogP contribution in [0.2, 0.25) is 0 Å². The number of hydrogen-bond donors (Lipinski definition) is 1. The fourth-order valence-electron chi connectivity index (χ4n) is 1.94. The highest BCUT2D eigenvalue weighted by Gasteiger charge is 2.16. The summed E-state index contributed by atoms with van der Waals surface area (Å²) in [6.45, 7) is 4.12. The molecule has 2 aromatic rings. The van der Waals surface area contributed by atoms with Crippen molar-refractivity contribution in [2.45, 2.75) is 39.2 Å². The molecule has 0 aliphatic rings. The van der Waals surface area contributed by atoms with E-state index >= 15 is 0 Å². The minimum atomic E-state index is 0.376. The van der Waals surface area contributed by atoms with Crippen LogP contribution >= 0.6 is 0 Å². The van der Waals surface area contributed by atoms with Gasteiger partial charge in [0.2, 0.25) is 11.7 Å². The molecule has 0 saturated heterocycles. The second-order valence-corrected chi connectivity index (χ2v) is 4.42. The molecule has 0 aromatic carbocycles. The molecule has 98 valence electrons. The molecule has 0 aliphatic heterocycles. The Labute approximate surface area is 107 Å². The molecular weight excluding hydrogens is 230 g/mol. The first-order valence-corrected chi connectivity index (χ1v) is 6.29. The van der Waals surface area contributed by atoms with Crippen molar-refractivity contribution in [2.24, 2.45) is 0 Å². The number of aromatic nitrogens is 2. The smallest absolute Gasteiger partial charge is 0.238 e. The van der Waals surface area contributed by atoms with Crippen LogP contribution in [0.3, 0.4) is 0 Å². The van der Waals surface area contributed by atoms with Gasteiger partial charge in [-0.2, -0.15) is 4.98 Å². The van der Waals surface area contributed by atoms with Crippen LogP contribution in [0.1, 0.15) is 31.2 Å². The zero-order chi connectivity index (χ0) is 13.0. The molecule has 2 aromatic heterocycles. The van der Waals surface area contributed by atoms with Crippen molar-refractivity contribution < 1.29 is 8.94 Å². The lowest BCUT2D eigenvalue weighted by Crippen LogP contribution is -2.27. The summed E-state index contributed by atoms with van der Waals surface area (Å²) in [7, 11) is 1.95. The molecule has 2 heterocycles. The summed E-state index contributed by atoms with van der Waals surface area (Å²) in [4.78, 5) is 4.37. The maximum atomic E-state index is 5.34. The van der Waals surface area contributed by atoms with Gasteiger partial charge in [0.15, 0.2) is 5.76 Å². The molecule has 18 heavy (non-hydrogen) atoms. The average Bonchev–Trinajstić information content (AvgIpc) is 2.97. The van der Waals surface area contributed by atoms with Gasteiger partial charge in [-0.15, -0.1) is 0 Å². The highest BCUT2D eigenvalue weighted by molar-refractivity contribution is 5.50. The minimum Gasteiger partial charge on any atom is -0.461 e. The SMILES string of the molecule is CCCC(Cc1nc(-c2occc2C)no1)NC. The van der Waals surface area contributed by atoms with Crippen molar-refractivity contribution in [2.75, 3.05) is 7.05 Å². The number of hydrogen-bond acceptors (Lipinski definition) is 5. The minimum absolute atomic E-state index is 0.376. The van der Waals surface area contributed by atoms with Crippen molar-refractivity contribution in [3.63, 3.8) is 0 Å². The second kappa shape index (κ2) is 5.82. The predicted molar refractivity (Wildman–Crippen MR) is 68.2 cm³/mol. The Morgan fingerprint density at radius 1 is 1.44 bits per heavy atom. The standard InChI is InChI=1S/C13H19N3O2/c1-4-5-10(14-3)8-11-15-13(16-18-11)12-9(2)6-7-17-12/h6-7,10,14H,4-5,8H2,1-3H3. The Morgan fingerprint density at radius 2 is 2.28 bits per heavy atom. The van der Waals surface area contributed by atoms with E-state index in [9.17, 15) is 0 Å². The monoisotopic (exact) mass is 249 g/mol. The quantitative estimate of drug-likeness (QED) is 0.852. The lowest BCUT2D eigenvalue weighted by molar-refractivity contribution is 0.355. The molecule has 1 unspecified atom stereocenters. The van der Waals surface area contributed by atoms with Gasteiger partial charge in [0, 0.05) is 12.5 Å². The fraction of sp³-hybridized carbons (Fsp3) is 0.538. The summed E-state index contributed by atoms with van der Waals surface area (Å²) < 4.78 is 10.6. The molecule has 1 N–H and O–H groups in total. The molecule has 0 saturated carbocycles. The molecule has 1 atom stereocenters. The molecule has 0 radical (unpaired) electrons. The van der Waals surface area contributed by atoms with Crippen molar-refractivity contribution in [1.82, 2.24) is 15.5 Å². The fourth-order valence-corrected chi connectivity index (χ4v) is 1.94. The summed E-state index contributed by atoms with van der Waals surface area (Å²) in [5.41, 5.74) is 1.01. The Morgan fingerprint density at radius 3 is 2.89 bits per heavy atom. The molecule has 0 amide bonds. The van der Waals surface area contributed by atoms with Crippen molar-refractivity contribution in [3.8, 4) is 11.6 Å². The van der Waals surface area contributed by atoms with E-state index in [4.69, 9.17) is 8.94 Å². The largest absolute Gasteiger partial charge is 0.461 e. The van der Waals surface area contributed by atoms with E-state index in [1.54, 1.807) is 6.26 Å². The Hall–Kier alpha value is -1.62. The van der Waals surface area contributed by atoms with E-state index in [2.05, 4.69) is 22.4 Å². The van der Waals surface area contributed by atoms with Gasteiger partial charge < -0.3 is 14.3 Å². The van der Waals surface area contributed by atoms with E-state index < -0.39 is 0 Å². The van der Waals surface area contributed by atoms with E-state index in [1.807, 2.05) is 20.0 Å². The first-order valence-electron chi connectivity index (χ1n) is 6.29. The van der Waals surface area contributed by atoms with Crippen molar-refractivity contribution in [1.29, 1.82) is 0 Å². The lowest BCUT2D eigenvalue weighted by atomic mass is 10.1. The second-order valence-electron chi connectivity index (χ2n) is 4.42. The number of furan rings is 1.